The summed E-state index contributed by atoms with van der Waals surface area (Å²) in [5.41, 5.74) is 4.77. The van der Waals surface area contributed by atoms with E-state index in [9.17, 15) is 0 Å². The Labute approximate surface area is 320 Å². The van der Waals surface area contributed by atoms with Crippen molar-refractivity contribution in [2.75, 3.05) is 0 Å². The van der Waals surface area contributed by atoms with Gasteiger partial charge in [0.15, 0.2) is 0 Å². The summed E-state index contributed by atoms with van der Waals surface area (Å²) in [6, 6.07) is 41.7. The second-order valence-corrected chi connectivity index (χ2v) is 19.0. The molecule has 50 heavy (non-hydrogen) atoms. The molecule has 0 atom stereocenters. The zero-order chi connectivity index (χ0) is 39.0. The molecule has 7 aromatic rings. The van der Waals surface area contributed by atoms with E-state index in [0.717, 1.165) is 46.0 Å². The molecule has 5 heteroatoms. The zero-order valence-electron chi connectivity index (χ0n) is 34.6. The van der Waals surface area contributed by atoms with Crippen molar-refractivity contribution < 1.29 is 32.7 Å². The number of nitrogens with zero attached hydrogens (tertiary/aromatic N) is 2. The molecule has 3 aromatic heterocycles. The minimum atomic E-state index is -2.73. The van der Waals surface area contributed by atoms with Gasteiger partial charge < -0.3 is 14.4 Å². The van der Waals surface area contributed by atoms with E-state index >= 15 is 0 Å². The van der Waals surface area contributed by atoms with Crippen LogP contribution in [0.15, 0.2) is 126 Å². The third-order valence-corrected chi connectivity index (χ3v) is 11.6. The first-order valence-electron chi connectivity index (χ1n) is 20.0. The van der Waals surface area contributed by atoms with E-state index in [4.69, 9.17) is 12.6 Å². The number of furan rings is 1. The van der Waals surface area contributed by atoms with Crippen LogP contribution in [0.5, 0.6) is 0 Å². The monoisotopic (exact) mass is 855 g/mol. The van der Waals surface area contributed by atoms with E-state index in [0.29, 0.717) is 35.3 Å². The van der Waals surface area contributed by atoms with Crippen LogP contribution in [0.2, 0.25) is 19.6 Å². The van der Waals surface area contributed by atoms with Crippen LogP contribution < -0.4 is 5.19 Å². The normalized spacial score (nSPS) is 15.8. The number of pyridine rings is 2. The van der Waals surface area contributed by atoms with E-state index in [1.54, 1.807) is 18.2 Å². The van der Waals surface area contributed by atoms with E-state index < -0.39 is 33.1 Å². The van der Waals surface area contributed by atoms with Crippen molar-refractivity contribution in [3.63, 3.8) is 0 Å². The molecule has 4 aromatic carbocycles. The number of benzene rings is 4. The van der Waals surface area contributed by atoms with Crippen molar-refractivity contribution in [2.24, 2.45) is 5.92 Å². The van der Waals surface area contributed by atoms with Crippen molar-refractivity contribution >= 4 is 35.2 Å². The van der Waals surface area contributed by atoms with Crippen molar-refractivity contribution in [3.05, 3.63) is 139 Å². The third kappa shape index (κ3) is 7.46. The number of fused-ring (bicyclic) bond motifs is 3. The number of hydrogen-bond donors (Lipinski definition) is 0. The maximum absolute atomic E-state index is 8.49. The second-order valence-electron chi connectivity index (χ2n) is 14.0. The average molecular weight is 855 g/mol. The summed E-state index contributed by atoms with van der Waals surface area (Å²) >= 11 is 0. The van der Waals surface area contributed by atoms with E-state index in [2.05, 4.69) is 59.9 Å². The maximum atomic E-state index is 8.49. The molecule has 8 rings (SSSR count). The fraction of sp³-hybridized carbons (Fsp3) is 0.244. The van der Waals surface area contributed by atoms with Gasteiger partial charge in [-0.05, 0) is 69.6 Å². The molecule has 0 bridgehead atoms. The van der Waals surface area contributed by atoms with Gasteiger partial charge in [-0.1, -0.05) is 118 Å². The molecule has 1 fully saturated rings. The summed E-state index contributed by atoms with van der Waals surface area (Å²) in [5.74, 6) is -0.477. The van der Waals surface area contributed by atoms with Gasteiger partial charge in [-0.2, -0.15) is 0 Å². The molecule has 1 radical (unpaired) electrons. The minimum Gasteiger partial charge on any atom is -0.501 e. The van der Waals surface area contributed by atoms with Gasteiger partial charge in [0, 0.05) is 46.1 Å². The third-order valence-electron chi connectivity index (χ3n) is 9.59. The fourth-order valence-electron chi connectivity index (χ4n) is 6.70. The summed E-state index contributed by atoms with van der Waals surface area (Å²) in [6.07, 6.45) is 6.32. The molecule has 1 aliphatic carbocycles. The predicted molar refractivity (Wildman–Crippen MR) is 208 cm³/mol. The standard InChI is InChI=1S/C31H28NO.C14H16NSi.Ir/c1-31(2,23-11-6-7-12-23)24-17-18-32-28(20-24)27-14-8-13-26-25-16-15-22(19-29(25)33-30(26)27)21-9-4-3-5-10-21;1-16(2,3)13-9-10-14(15-11-13)12-7-5-4-6-8-12;/h3-5,8-10,13,15-20,23H,6-7,11-12H2,1-2H3;4-7,9-11H,1-3H3;/q2*-1;/i1D3,2D3;;. The molecule has 0 saturated heterocycles. The summed E-state index contributed by atoms with van der Waals surface area (Å²) in [7, 11) is -1.23. The SMILES string of the molecule is C[Si](C)(C)c1ccc(-c2[c-]cccc2)nc1.[2H]C([2H])([2H])C(c1ccnc(-c2[c-]ccc3c2oc2cc(-c4ccccc4)ccc23)c1)(C1CCCC1)C([2H])([2H])[2H].[Ir]. The Morgan fingerprint density at radius 2 is 1.56 bits per heavy atom. The fourth-order valence-corrected chi connectivity index (χ4v) is 7.73. The quantitative estimate of drug-likeness (QED) is 0.124. The molecule has 3 nitrogen and oxygen atoms in total. The first kappa shape index (κ1) is 28.5. The van der Waals surface area contributed by atoms with E-state index in [1.165, 1.54) is 11.4 Å². The van der Waals surface area contributed by atoms with Crippen LogP contribution in [0.3, 0.4) is 0 Å². The van der Waals surface area contributed by atoms with Crippen LogP contribution in [-0.4, -0.2) is 18.0 Å². The van der Waals surface area contributed by atoms with Gasteiger partial charge in [-0.25, -0.2) is 0 Å². The first-order valence-corrected chi connectivity index (χ1v) is 20.5. The maximum Gasteiger partial charge on any atom is 0.121 e. The number of hydrogen-bond acceptors (Lipinski definition) is 3. The summed E-state index contributed by atoms with van der Waals surface area (Å²) < 4.78 is 57.3. The molecule has 0 amide bonds. The molecule has 0 unspecified atom stereocenters. The van der Waals surface area contributed by atoms with Crippen molar-refractivity contribution in [2.45, 2.75) is 64.4 Å². The van der Waals surface area contributed by atoms with E-state index in [-0.39, 0.29) is 25.7 Å². The van der Waals surface area contributed by atoms with Crippen molar-refractivity contribution in [1.82, 2.24) is 9.97 Å². The summed E-state index contributed by atoms with van der Waals surface area (Å²) in [4.78, 5) is 9.06. The van der Waals surface area contributed by atoms with E-state index in [1.807, 2.05) is 79.0 Å². The molecule has 0 N–H and O–H groups in total. The smallest absolute Gasteiger partial charge is 0.121 e. The average Bonchev–Trinajstić information content (AvgIpc) is 3.83. The molecule has 0 aliphatic heterocycles. The molecule has 255 valence electrons. The van der Waals surface area contributed by atoms with Gasteiger partial charge in [-0.15, -0.1) is 54.1 Å². The number of aromatic nitrogens is 2. The number of rotatable bonds is 6. The van der Waals surface area contributed by atoms with Crippen LogP contribution in [0, 0.1) is 18.1 Å². The van der Waals surface area contributed by atoms with Crippen LogP contribution in [0.1, 0.15) is 53.2 Å². The van der Waals surface area contributed by atoms with Crippen molar-refractivity contribution in [3.8, 4) is 33.6 Å². The minimum absolute atomic E-state index is 0. The van der Waals surface area contributed by atoms with Gasteiger partial charge in [0.05, 0.1) is 13.7 Å². The Bertz CT molecular complexity index is 2390. The van der Waals surface area contributed by atoms with Gasteiger partial charge in [-0.3, -0.25) is 0 Å². The molecule has 3 heterocycles. The Balaban J connectivity index is 0.000000263. The molecule has 0 spiro atoms. The van der Waals surface area contributed by atoms with Crippen molar-refractivity contribution in [1.29, 1.82) is 0 Å². The van der Waals surface area contributed by atoms with Gasteiger partial charge in [0.1, 0.15) is 5.58 Å². The van der Waals surface area contributed by atoms with Gasteiger partial charge >= 0.3 is 0 Å². The Hall–Kier alpha value is -4.15. The zero-order valence-corrected chi connectivity index (χ0v) is 32.0. The van der Waals surface area contributed by atoms with Crippen LogP contribution >= 0.6 is 0 Å². The largest absolute Gasteiger partial charge is 0.501 e. The Morgan fingerprint density at radius 1 is 0.760 bits per heavy atom. The molecular weight excluding hydrogens is 805 g/mol. The van der Waals surface area contributed by atoms with Gasteiger partial charge in [0.2, 0.25) is 0 Å². The predicted octanol–water partition coefficient (Wildman–Crippen LogP) is 11.7. The molecular formula is C45H44IrN2OSi-2. The molecule has 1 saturated carbocycles. The Kier molecular flexibility index (Phi) is 8.55. The second kappa shape index (κ2) is 15.0. The Morgan fingerprint density at radius 3 is 2.26 bits per heavy atom. The van der Waals surface area contributed by atoms with Crippen LogP contribution in [0.4, 0.5) is 0 Å². The summed E-state index contributed by atoms with van der Waals surface area (Å²) in [6.45, 7) is 1.54. The van der Waals surface area contributed by atoms with Crippen LogP contribution in [0.25, 0.3) is 55.6 Å². The van der Waals surface area contributed by atoms with Gasteiger partial charge in [0.25, 0.3) is 0 Å². The topological polar surface area (TPSA) is 38.9 Å². The summed E-state index contributed by atoms with van der Waals surface area (Å²) in [5, 5.41) is 3.23. The molecule has 1 aliphatic rings. The van der Waals surface area contributed by atoms with Crippen LogP contribution in [-0.2, 0) is 25.5 Å². The first-order chi connectivity index (χ1) is 26.2.